The third kappa shape index (κ3) is 1.36. The molecule has 1 aliphatic rings. The van der Waals surface area contributed by atoms with E-state index in [9.17, 15) is 4.79 Å². The monoisotopic (exact) mass is 253 g/mol. The number of amides is 1. The van der Waals surface area contributed by atoms with E-state index in [0.717, 1.165) is 28.6 Å². The minimum absolute atomic E-state index is 0.0597. The Morgan fingerprint density at radius 1 is 1.43 bits per heavy atom. The molecule has 0 aromatic heterocycles. The average Bonchev–Trinajstić information content (AvgIpc) is 2.14. The first-order chi connectivity index (χ1) is 6.61. The highest BCUT2D eigenvalue weighted by molar-refractivity contribution is 9.10. The quantitative estimate of drug-likeness (QED) is 0.756. The summed E-state index contributed by atoms with van der Waals surface area (Å²) in [6.45, 7) is 4.80. The fourth-order valence-corrected chi connectivity index (χ4v) is 2.27. The number of hydrogen-bond donors (Lipinski definition) is 1. The van der Waals surface area contributed by atoms with Crippen molar-refractivity contribution >= 4 is 21.8 Å². The minimum atomic E-state index is 0.0597. The van der Waals surface area contributed by atoms with Crippen molar-refractivity contribution in [2.24, 2.45) is 0 Å². The maximum absolute atomic E-state index is 11.6. The molecule has 2 nitrogen and oxygen atoms in total. The zero-order valence-corrected chi connectivity index (χ0v) is 9.86. The van der Waals surface area contributed by atoms with E-state index in [1.807, 2.05) is 6.92 Å². The maximum Gasteiger partial charge on any atom is 0.251 e. The molecule has 0 saturated heterocycles. The van der Waals surface area contributed by atoms with Crippen molar-refractivity contribution in [3.8, 4) is 0 Å². The second-order valence-electron chi connectivity index (χ2n) is 3.67. The van der Waals surface area contributed by atoms with E-state index < -0.39 is 0 Å². The van der Waals surface area contributed by atoms with Gasteiger partial charge >= 0.3 is 0 Å². The Bertz CT molecular complexity index is 412. The molecular formula is C11H12BrNO. The smallest absolute Gasteiger partial charge is 0.251 e. The molecule has 0 bridgehead atoms. The molecule has 0 spiro atoms. The highest BCUT2D eigenvalue weighted by Gasteiger charge is 2.20. The van der Waals surface area contributed by atoms with Gasteiger partial charge in [0.2, 0.25) is 0 Å². The van der Waals surface area contributed by atoms with Gasteiger partial charge in [-0.05, 0) is 37.0 Å². The molecule has 1 aromatic carbocycles. The van der Waals surface area contributed by atoms with Crippen LogP contribution < -0.4 is 5.32 Å². The fraction of sp³-hybridized carbons (Fsp3) is 0.364. The summed E-state index contributed by atoms with van der Waals surface area (Å²) in [7, 11) is 0. The molecule has 0 fully saturated rings. The summed E-state index contributed by atoms with van der Waals surface area (Å²) in [5, 5.41) is 2.87. The molecule has 1 aromatic rings. The van der Waals surface area contributed by atoms with Crippen molar-refractivity contribution in [3.63, 3.8) is 0 Å². The molecule has 0 aliphatic carbocycles. The van der Waals surface area contributed by atoms with Crippen molar-refractivity contribution in [1.82, 2.24) is 5.32 Å². The lowest BCUT2D eigenvalue weighted by Crippen LogP contribution is -2.32. The van der Waals surface area contributed by atoms with E-state index in [1.54, 1.807) is 0 Å². The second-order valence-corrected chi connectivity index (χ2v) is 4.47. The third-order valence-electron chi connectivity index (χ3n) is 2.67. The lowest BCUT2D eigenvalue weighted by atomic mass is 9.94. The number of fused-ring (bicyclic) bond motifs is 1. The zero-order chi connectivity index (χ0) is 10.3. The predicted octanol–water partition coefficient (Wildman–Crippen LogP) is 2.35. The maximum atomic E-state index is 11.6. The van der Waals surface area contributed by atoms with Crippen molar-refractivity contribution < 1.29 is 4.79 Å². The van der Waals surface area contributed by atoms with Gasteiger partial charge in [0, 0.05) is 16.6 Å². The van der Waals surface area contributed by atoms with Gasteiger partial charge in [0.05, 0.1) is 0 Å². The van der Waals surface area contributed by atoms with Gasteiger partial charge in [-0.15, -0.1) is 0 Å². The molecule has 14 heavy (non-hydrogen) atoms. The molecule has 0 saturated carbocycles. The minimum Gasteiger partial charge on any atom is -0.352 e. The first-order valence-electron chi connectivity index (χ1n) is 4.68. The molecular weight excluding hydrogens is 242 g/mol. The summed E-state index contributed by atoms with van der Waals surface area (Å²) in [5.74, 6) is 0.0597. The van der Waals surface area contributed by atoms with Crippen LogP contribution in [0.25, 0.3) is 0 Å². The molecule has 0 radical (unpaired) electrons. The molecule has 1 heterocycles. The van der Waals surface area contributed by atoms with Crippen LogP contribution in [0.15, 0.2) is 10.5 Å². The van der Waals surface area contributed by atoms with Gasteiger partial charge in [-0.1, -0.05) is 22.0 Å². The average molecular weight is 254 g/mol. The van der Waals surface area contributed by atoms with Gasteiger partial charge in [0.25, 0.3) is 5.91 Å². The molecule has 1 aliphatic heterocycles. The number of carbonyl (C=O) groups excluding carboxylic acids is 1. The summed E-state index contributed by atoms with van der Waals surface area (Å²) in [5.41, 5.74) is 4.29. The van der Waals surface area contributed by atoms with E-state index in [2.05, 4.69) is 34.2 Å². The summed E-state index contributed by atoms with van der Waals surface area (Å²) < 4.78 is 1.05. The van der Waals surface area contributed by atoms with E-state index >= 15 is 0 Å². The standard InChI is InChI=1S/C11H12BrNO/c1-6-5-8-3-4-13-11(14)9(8)7(2)10(6)12/h5H,3-4H2,1-2H3,(H,13,14). The van der Waals surface area contributed by atoms with Crippen LogP contribution in [0.1, 0.15) is 27.0 Å². The van der Waals surface area contributed by atoms with Gasteiger partial charge in [0.1, 0.15) is 0 Å². The summed E-state index contributed by atoms with van der Waals surface area (Å²) in [6, 6.07) is 2.10. The molecule has 1 N–H and O–H groups in total. The molecule has 1 amide bonds. The normalized spacial score (nSPS) is 14.9. The number of halogens is 1. The number of aryl methyl sites for hydroxylation is 1. The Morgan fingerprint density at radius 3 is 2.86 bits per heavy atom. The summed E-state index contributed by atoms with van der Waals surface area (Å²) >= 11 is 3.51. The molecule has 74 valence electrons. The largest absolute Gasteiger partial charge is 0.352 e. The topological polar surface area (TPSA) is 29.1 Å². The Morgan fingerprint density at radius 2 is 2.14 bits per heavy atom. The Kier molecular flexibility index (Phi) is 2.35. The van der Waals surface area contributed by atoms with Crippen LogP contribution >= 0.6 is 15.9 Å². The van der Waals surface area contributed by atoms with Crippen LogP contribution in [0, 0.1) is 13.8 Å². The highest BCUT2D eigenvalue weighted by Crippen LogP contribution is 2.28. The van der Waals surface area contributed by atoms with Crippen LogP contribution in [0.5, 0.6) is 0 Å². The number of hydrogen-bond acceptors (Lipinski definition) is 1. The van der Waals surface area contributed by atoms with Crippen LogP contribution in [0.2, 0.25) is 0 Å². The fourth-order valence-electron chi connectivity index (χ4n) is 1.96. The van der Waals surface area contributed by atoms with Gasteiger partial charge in [-0.25, -0.2) is 0 Å². The van der Waals surface area contributed by atoms with Crippen LogP contribution in [-0.2, 0) is 6.42 Å². The molecule has 0 atom stereocenters. The first kappa shape index (κ1) is 9.71. The van der Waals surface area contributed by atoms with E-state index in [4.69, 9.17) is 0 Å². The zero-order valence-electron chi connectivity index (χ0n) is 8.28. The Hall–Kier alpha value is -0.830. The molecule has 3 heteroatoms. The lowest BCUT2D eigenvalue weighted by Gasteiger charge is -2.20. The van der Waals surface area contributed by atoms with E-state index in [1.165, 1.54) is 11.1 Å². The summed E-state index contributed by atoms with van der Waals surface area (Å²) in [6.07, 6.45) is 0.941. The van der Waals surface area contributed by atoms with Crippen molar-refractivity contribution in [1.29, 1.82) is 0 Å². The van der Waals surface area contributed by atoms with Crippen LogP contribution in [0.3, 0.4) is 0 Å². The summed E-state index contributed by atoms with van der Waals surface area (Å²) in [4.78, 5) is 11.6. The highest BCUT2D eigenvalue weighted by atomic mass is 79.9. The van der Waals surface area contributed by atoms with Crippen molar-refractivity contribution in [2.45, 2.75) is 20.3 Å². The Labute approximate surface area is 91.8 Å². The van der Waals surface area contributed by atoms with Gasteiger partial charge in [0.15, 0.2) is 0 Å². The number of nitrogens with one attached hydrogen (secondary N) is 1. The first-order valence-corrected chi connectivity index (χ1v) is 5.47. The predicted molar refractivity (Wildman–Crippen MR) is 59.7 cm³/mol. The van der Waals surface area contributed by atoms with Gasteiger partial charge < -0.3 is 5.32 Å². The van der Waals surface area contributed by atoms with Gasteiger partial charge in [-0.2, -0.15) is 0 Å². The molecule has 2 rings (SSSR count). The van der Waals surface area contributed by atoms with Gasteiger partial charge in [-0.3, -0.25) is 4.79 Å². The second kappa shape index (κ2) is 3.39. The SMILES string of the molecule is Cc1cc2c(c(C)c1Br)C(=O)NCC2. The van der Waals surface area contributed by atoms with Crippen molar-refractivity contribution in [2.75, 3.05) is 6.54 Å². The number of benzene rings is 1. The van der Waals surface area contributed by atoms with Crippen molar-refractivity contribution in [3.05, 3.63) is 32.8 Å². The third-order valence-corrected chi connectivity index (χ3v) is 3.89. The van der Waals surface area contributed by atoms with Crippen LogP contribution in [0.4, 0.5) is 0 Å². The number of rotatable bonds is 0. The molecule has 0 unspecified atom stereocenters. The number of carbonyl (C=O) groups is 1. The van der Waals surface area contributed by atoms with E-state index in [-0.39, 0.29) is 5.91 Å². The lowest BCUT2D eigenvalue weighted by molar-refractivity contribution is 0.0945. The Balaban J connectivity index is 2.70. The van der Waals surface area contributed by atoms with E-state index in [0.29, 0.717) is 0 Å². The van der Waals surface area contributed by atoms with Crippen LogP contribution in [-0.4, -0.2) is 12.5 Å².